The number of hydrogen-bond acceptors (Lipinski definition) is 3. The minimum atomic E-state index is -0.347. The summed E-state index contributed by atoms with van der Waals surface area (Å²) in [6.07, 6.45) is 0.679. The van der Waals surface area contributed by atoms with Crippen molar-refractivity contribution in [2.75, 3.05) is 6.61 Å². The maximum Gasteiger partial charge on any atom is 0.323 e. The van der Waals surface area contributed by atoms with Gasteiger partial charge in [-0.15, -0.1) is 24.0 Å². The predicted octanol–water partition coefficient (Wildman–Crippen LogP) is -0.121. The van der Waals surface area contributed by atoms with Crippen LogP contribution in [0.1, 0.15) is 6.42 Å². The molecule has 0 saturated carbocycles. The van der Waals surface area contributed by atoms with Crippen LogP contribution in [-0.4, -0.2) is 18.6 Å². The van der Waals surface area contributed by atoms with Crippen molar-refractivity contribution < 1.29 is 9.53 Å². The topological polar surface area (TPSA) is 52.3 Å². The van der Waals surface area contributed by atoms with Gasteiger partial charge in [-0.05, 0) is 0 Å². The maximum atomic E-state index is 10.2. The zero-order valence-electron chi connectivity index (χ0n) is 4.29. The summed E-state index contributed by atoms with van der Waals surface area (Å²) in [7, 11) is 0. The number of halogens is 1. The van der Waals surface area contributed by atoms with Crippen LogP contribution in [0.5, 0.6) is 0 Å². The summed E-state index contributed by atoms with van der Waals surface area (Å²) in [5.41, 5.74) is 5.20. The van der Waals surface area contributed by atoms with E-state index >= 15 is 0 Å². The number of carbonyl (C=O) groups is 1. The van der Waals surface area contributed by atoms with Gasteiger partial charge >= 0.3 is 5.97 Å². The van der Waals surface area contributed by atoms with Crippen molar-refractivity contribution in [3.05, 3.63) is 0 Å². The molecule has 0 aromatic heterocycles. The first kappa shape index (κ1) is 8.16. The van der Waals surface area contributed by atoms with Crippen LogP contribution < -0.4 is 5.73 Å². The monoisotopic (exact) mass is 229 g/mol. The highest BCUT2D eigenvalue weighted by atomic mass is 127. The Bertz CT molecular complexity index is 96.0. The van der Waals surface area contributed by atoms with Crippen LogP contribution in [0.2, 0.25) is 0 Å². The number of nitrogens with two attached hydrogens (primary N) is 1. The number of carbonyl (C=O) groups excluding carboxylic acids is 1. The van der Waals surface area contributed by atoms with Gasteiger partial charge in [-0.3, -0.25) is 4.79 Å². The lowest BCUT2D eigenvalue weighted by Crippen LogP contribution is -2.24. The lowest BCUT2D eigenvalue weighted by molar-refractivity contribution is -0.139. The molecule has 1 aliphatic heterocycles. The molecule has 2 N–H and O–H groups in total. The van der Waals surface area contributed by atoms with E-state index in [-0.39, 0.29) is 36.0 Å². The third-order valence-corrected chi connectivity index (χ3v) is 0.976. The number of cyclic esters (lactones) is 1. The first-order valence-electron chi connectivity index (χ1n) is 2.23. The molecule has 0 unspecified atom stereocenters. The second-order valence-corrected chi connectivity index (χ2v) is 1.56. The predicted molar refractivity (Wildman–Crippen MR) is 39.0 cm³/mol. The molecule has 0 aromatic rings. The van der Waals surface area contributed by atoms with Crippen molar-refractivity contribution in [2.24, 2.45) is 5.73 Å². The largest absolute Gasteiger partial charge is 0.464 e. The third kappa shape index (κ3) is 1.59. The first-order valence-corrected chi connectivity index (χ1v) is 2.23. The van der Waals surface area contributed by atoms with Gasteiger partial charge in [0.2, 0.25) is 0 Å². The second kappa shape index (κ2) is 3.24. The average Bonchev–Trinajstić information content (AvgIpc) is 1.91. The number of esters is 1. The molecule has 0 amide bonds. The Kier molecular flexibility index (Phi) is 3.30. The quantitative estimate of drug-likeness (QED) is 0.465. The fourth-order valence-corrected chi connectivity index (χ4v) is 0.511. The molecule has 1 fully saturated rings. The molecule has 0 radical (unpaired) electrons. The maximum absolute atomic E-state index is 10.2. The Morgan fingerprint density at radius 1 is 1.75 bits per heavy atom. The van der Waals surface area contributed by atoms with E-state index < -0.39 is 0 Å². The van der Waals surface area contributed by atoms with Gasteiger partial charge in [0.25, 0.3) is 0 Å². The summed E-state index contributed by atoms with van der Waals surface area (Å²) >= 11 is 0. The zero-order chi connectivity index (χ0) is 5.28. The molecule has 0 aliphatic carbocycles. The molecule has 0 aromatic carbocycles. The van der Waals surface area contributed by atoms with Gasteiger partial charge in [0.15, 0.2) is 0 Å². The highest BCUT2D eigenvalue weighted by Crippen LogP contribution is 2.00. The van der Waals surface area contributed by atoms with Crippen molar-refractivity contribution >= 4 is 29.9 Å². The number of ether oxygens (including phenoxy) is 1. The van der Waals surface area contributed by atoms with Gasteiger partial charge in [-0.2, -0.15) is 0 Å². The molecule has 8 heavy (non-hydrogen) atoms. The van der Waals surface area contributed by atoms with Gasteiger partial charge in [0, 0.05) is 6.42 Å². The van der Waals surface area contributed by atoms with Crippen molar-refractivity contribution in [1.29, 1.82) is 0 Å². The van der Waals surface area contributed by atoms with Crippen molar-refractivity contribution in [2.45, 2.75) is 12.5 Å². The van der Waals surface area contributed by atoms with E-state index in [2.05, 4.69) is 4.74 Å². The Morgan fingerprint density at radius 2 is 2.38 bits per heavy atom. The second-order valence-electron chi connectivity index (χ2n) is 1.56. The van der Waals surface area contributed by atoms with Crippen molar-refractivity contribution in [3.8, 4) is 0 Å². The van der Waals surface area contributed by atoms with E-state index in [1.807, 2.05) is 0 Å². The fourth-order valence-electron chi connectivity index (χ4n) is 0.511. The van der Waals surface area contributed by atoms with Crippen molar-refractivity contribution in [1.82, 2.24) is 0 Å². The normalized spacial score (nSPS) is 26.6. The standard InChI is InChI=1S/C4H7NO2.HI/c5-3-1-2-7-4(3)6;/h3H,1-2,5H2;1H/t3-;/m0./s1. The highest BCUT2D eigenvalue weighted by Gasteiger charge is 2.20. The summed E-state index contributed by atoms with van der Waals surface area (Å²) in [4.78, 5) is 10.2. The number of hydrogen-bond donors (Lipinski definition) is 1. The summed E-state index contributed by atoms with van der Waals surface area (Å²) in [6, 6.07) is -0.347. The summed E-state index contributed by atoms with van der Waals surface area (Å²) < 4.78 is 4.50. The molecule has 4 heteroatoms. The summed E-state index contributed by atoms with van der Waals surface area (Å²) in [6.45, 7) is 0.500. The minimum Gasteiger partial charge on any atom is -0.464 e. The van der Waals surface area contributed by atoms with E-state index in [1.165, 1.54) is 0 Å². The summed E-state index contributed by atoms with van der Waals surface area (Å²) in [5.74, 6) is -0.264. The fraction of sp³-hybridized carbons (Fsp3) is 0.750. The van der Waals surface area contributed by atoms with Crippen LogP contribution in [0, 0.1) is 0 Å². The van der Waals surface area contributed by atoms with Crippen LogP contribution >= 0.6 is 24.0 Å². The zero-order valence-corrected chi connectivity index (χ0v) is 6.62. The molecular formula is C4H8INO2. The molecule has 1 saturated heterocycles. The molecular weight excluding hydrogens is 221 g/mol. The Hall–Kier alpha value is 0.160. The molecule has 1 rings (SSSR count). The molecule has 1 heterocycles. The van der Waals surface area contributed by atoms with Crippen LogP contribution in [0.15, 0.2) is 0 Å². The first-order chi connectivity index (χ1) is 3.30. The minimum absolute atomic E-state index is 0. The van der Waals surface area contributed by atoms with Gasteiger partial charge in [0.05, 0.1) is 6.61 Å². The molecule has 3 nitrogen and oxygen atoms in total. The summed E-state index contributed by atoms with van der Waals surface area (Å²) in [5, 5.41) is 0. The third-order valence-electron chi connectivity index (χ3n) is 0.976. The number of rotatable bonds is 0. The van der Waals surface area contributed by atoms with E-state index in [1.54, 1.807) is 0 Å². The molecule has 1 atom stereocenters. The Morgan fingerprint density at radius 3 is 2.50 bits per heavy atom. The Labute approximate surface area is 64.6 Å². The smallest absolute Gasteiger partial charge is 0.323 e. The van der Waals surface area contributed by atoms with E-state index in [4.69, 9.17) is 5.73 Å². The van der Waals surface area contributed by atoms with Gasteiger partial charge in [0.1, 0.15) is 6.04 Å². The van der Waals surface area contributed by atoms with Crippen LogP contribution in [0.25, 0.3) is 0 Å². The molecule has 0 spiro atoms. The van der Waals surface area contributed by atoms with Gasteiger partial charge < -0.3 is 10.5 Å². The van der Waals surface area contributed by atoms with Gasteiger partial charge in [-0.1, -0.05) is 0 Å². The van der Waals surface area contributed by atoms with E-state index in [9.17, 15) is 4.79 Å². The Balaban J connectivity index is 0.000000490. The molecule has 1 aliphatic rings. The lowest BCUT2D eigenvalue weighted by atomic mass is 10.3. The van der Waals surface area contributed by atoms with Crippen molar-refractivity contribution in [3.63, 3.8) is 0 Å². The van der Waals surface area contributed by atoms with Gasteiger partial charge in [-0.25, -0.2) is 0 Å². The van der Waals surface area contributed by atoms with Crippen LogP contribution in [0.4, 0.5) is 0 Å². The van der Waals surface area contributed by atoms with Crippen LogP contribution in [0.3, 0.4) is 0 Å². The van der Waals surface area contributed by atoms with E-state index in [0.29, 0.717) is 13.0 Å². The SMILES string of the molecule is I.N[C@H]1CCOC1=O. The average molecular weight is 229 g/mol. The van der Waals surface area contributed by atoms with Crippen LogP contribution in [-0.2, 0) is 9.53 Å². The lowest BCUT2D eigenvalue weighted by Gasteiger charge is -1.89. The van der Waals surface area contributed by atoms with E-state index in [0.717, 1.165) is 0 Å². The highest BCUT2D eigenvalue weighted by molar-refractivity contribution is 14.0. The molecule has 0 bridgehead atoms. The molecule has 48 valence electrons.